The van der Waals surface area contributed by atoms with Crippen LogP contribution in [0.25, 0.3) is 0 Å². The topological polar surface area (TPSA) is 20.3 Å². The predicted molar refractivity (Wildman–Crippen MR) is 65.1 cm³/mol. The zero-order valence-corrected chi connectivity index (χ0v) is 10.0. The Kier molecular flexibility index (Phi) is 3.28. The molecule has 2 rings (SSSR count). The molecular formula is C14H19NO. The smallest absolute Gasteiger partial charge is 0.227 e. The fraction of sp³-hybridized carbons (Fsp3) is 0.500. The van der Waals surface area contributed by atoms with Crippen molar-refractivity contribution in [1.29, 1.82) is 0 Å². The number of hydrogen-bond donors (Lipinski definition) is 0. The van der Waals surface area contributed by atoms with Gasteiger partial charge >= 0.3 is 0 Å². The Bertz CT molecular complexity index is 360. The van der Waals surface area contributed by atoms with E-state index in [-0.39, 0.29) is 5.91 Å². The minimum atomic E-state index is 0.267. The van der Waals surface area contributed by atoms with Gasteiger partial charge in [-0.25, -0.2) is 0 Å². The van der Waals surface area contributed by atoms with Crippen LogP contribution >= 0.6 is 0 Å². The molecule has 2 nitrogen and oxygen atoms in total. The molecule has 0 spiro atoms. The molecule has 1 heterocycles. The van der Waals surface area contributed by atoms with Crippen LogP contribution in [0.1, 0.15) is 25.8 Å². The second kappa shape index (κ2) is 4.69. The summed E-state index contributed by atoms with van der Waals surface area (Å²) in [6, 6.07) is 10.4. The van der Waals surface area contributed by atoms with E-state index in [0.29, 0.717) is 18.4 Å². The minimum Gasteiger partial charge on any atom is -0.339 e. The van der Waals surface area contributed by atoms with Crippen LogP contribution in [0, 0.1) is 5.92 Å². The van der Waals surface area contributed by atoms with Gasteiger partial charge in [0.15, 0.2) is 0 Å². The zero-order valence-electron chi connectivity index (χ0n) is 10.0. The lowest BCUT2D eigenvalue weighted by Crippen LogP contribution is -2.36. The molecule has 1 fully saturated rings. The van der Waals surface area contributed by atoms with Crippen molar-refractivity contribution in [3.8, 4) is 0 Å². The van der Waals surface area contributed by atoms with Crippen LogP contribution in [0.4, 0.5) is 0 Å². The van der Waals surface area contributed by atoms with Crippen molar-refractivity contribution in [2.24, 2.45) is 5.92 Å². The maximum absolute atomic E-state index is 12.1. The summed E-state index contributed by atoms with van der Waals surface area (Å²) >= 11 is 0. The first-order chi connectivity index (χ1) is 7.68. The third kappa shape index (κ3) is 2.26. The second-order valence-corrected chi connectivity index (χ2v) is 4.76. The zero-order chi connectivity index (χ0) is 11.5. The molecule has 0 aromatic heterocycles. The van der Waals surface area contributed by atoms with Crippen LogP contribution in [0.15, 0.2) is 30.3 Å². The molecule has 1 saturated heterocycles. The standard InChI is InChI=1S/C14H19NO/c1-11-8-9-15(12(11)2)14(16)10-13-6-4-3-5-7-13/h3-7,11-12H,8-10H2,1-2H3. The highest BCUT2D eigenvalue weighted by Gasteiger charge is 2.30. The molecule has 1 amide bonds. The number of carbonyl (C=O) groups excluding carboxylic acids is 1. The molecule has 0 bridgehead atoms. The lowest BCUT2D eigenvalue weighted by atomic mass is 10.0. The quantitative estimate of drug-likeness (QED) is 0.745. The van der Waals surface area contributed by atoms with E-state index in [4.69, 9.17) is 0 Å². The summed E-state index contributed by atoms with van der Waals surface area (Å²) in [6.07, 6.45) is 1.68. The first kappa shape index (κ1) is 11.2. The van der Waals surface area contributed by atoms with Crippen molar-refractivity contribution in [3.63, 3.8) is 0 Å². The molecule has 16 heavy (non-hydrogen) atoms. The number of benzene rings is 1. The Morgan fingerprint density at radius 2 is 2.00 bits per heavy atom. The largest absolute Gasteiger partial charge is 0.339 e. The van der Waals surface area contributed by atoms with Crippen molar-refractivity contribution in [2.45, 2.75) is 32.7 Å². The van der Waals surface area contributed by atoms with Crippen LogP contribution < -0.4 is 0 Å². The van der Waals surface area contributed by atoms with E-state index in [2.05, 4.69) is 13.8 Å². The normalized spacial score (nSPS) is 24.8. The Balaban J connectivity index is 1.99. The van der Waals surface area contributed by atoms with Crippen LogP contribution in [-0.4, -0.2) is 23.4 Å². The van der Waals surface area contributed by atoms with Gasteiger partial charge in [-0.2, -0.15) is 0 Å². The van der Waals surface area contributed by atoms with Gasteiger partial charge in [0.25, 0.3) is 0 Å². The van der Waals surface area contributed by atoms with E-state index in [9.17, 15) is 4.79 Å². The van der Waals surface area contributed by atoms with Gasteiger partial charge in [0.05, 0.1) is 6.42 Å². The van der Waals surface area contributed by atoms with Gasteiger partial charge < -0.3 is 4.90 Å². The molecule has 1 aromatic rings. The summed E-state index contributed by atoms with van der Waals surface area (Å²) in [6.45, 7) is 5.30. The highest BCUT2D eigenvalue weighted by atomic mass is 16.2. The summed E-state index contributed by atoms with van der Waals surface area (Å²) < 4.78 is 0. The Hall–Kier alpha value is -1.31. The van der Waals surface area contributed by atoms with E-state index in [1.807, 2.05) is 35.2 Å². The van der Waals surface area contributed by atoms with Crippen molar-refractivity contribution >= 4 is 5.91 Å². The molecule has 1 aliphatic rings. The molecule has 0 radical (unpaired) electrons. The summed E-state index contributed by atoms with van der Waals surface area (Å²) in [7, 11) is 0. The van der Waals surface area contributed by atoms with Gasteiger partial charge in [-0.15, -0.1) is 0 Å². The molecular weight excluding hydrogens is 198 g/mol. The molecule has 2 unspecified atom stereocenters. The van der Waals surface area contributed by atoms with Gasteiger partial charge in [0.1, 0.15) is 0 Å². The van der Waals surface area contributed by atoms with Gasteiger partial charge in [-0.05, 0) is 24.8 Å². The average Bonchev–Trinajstić information content (AvgIpc) is 2.61. The maximum Gasteiger partial charge on any atom is 0.227 e. The predicted octanol–water partition coefficient (Wildman–Crippen LogP) is 2.49. The van der Waals surface area contributed by atoms with Crippen molar-refractivity contribution < 1.29 is 4.79 Å². The van der Waals surface area contributed by atoms with Crippen molar-refractivity contribution in [1.82, 2.24) is 4.90 Å². The lowest BCUT2D eigenvalue weighted by molar-refractivity contribution is -0.131. The number of likely N-dealkylation sites (tertiary alicyclic amines) is 1. The van der Waals surface area contributed by atoms with E-state index in [1.165, 1.54) is 0 Å². The molecule has 2 atom stereocenters. The summed E-state index contributed by atoms with van der Waals surface area (Å²) in [5, 5.41) is 0. The van der Waals surface area contributed by atoms with Gasteiger partial charge in [-0.1, -0.05) is 37.3 Å². The lowest BCUT2D eigenvalue weighted by Gasteiger charge is -2.23. The monoisotopic (exact) mass is 217 g/mol. The fourth-order valence-electron chi connectivity index (χ4n) is 2.32. The number of rotatable bonds is 2. The van der Waals surface area contributed by atoms with Crippen LogP contribution in [-0.2, 0) is 11.2 Å². The summed E-state index contributed by atoms with van der Waals surface area (Å²) in [4.78, 5) is 14.1. The maximum atomic E-state index is 12.1. The minimum absolute atomic E-state index is 0.267. The third-order valence-electron chi connectivity index (χ3n) is 3.66. The molecule has 86 valence electrons. The summed E-state index contributed by atoms with van der Waals surface area (Å²) in [5.74, 6) is 0.905. The first-order valence-electron chi connectivity index (χ1n) is 6.02. The number of amides is 1. The Labute approximate surface area is 97.3 Å². The van der Waals surface area contributed by atoms with Crippen LogP contribution in [0.3, 0.4) is 0 Å². The van der Waals surface area contributed by atoms with E-state index in [1.54, 1.807) is 0 Å². The van der Waals surface area contributed by atoms with E-state index >= 15 is 0 Å². The molecule has 2 heteroatoms. The van der Waals surface area contributed by atoms with Gasteiger partial charge in [0.2, 0.25) is 5.91 Å². The van der Waals surface area contributed by atoms with E-state index < -0.39 is 0 Å². The summed E-state index contributed by atoms with van der Waals surface area (Å²) in [5.41, 5.74) is 1.11. The number of nitrogens with zero attached hydrogens (tertiary/aromatic N) is 1. The Morgan fingerprint density at radius 3 is 2.56 bits per heavy atom. The molecule has 1 aromatic carbocycles. The van der Waals surface area contributed by atoms with Crippen molar-refractivity contribution in [3.05, 3.63) is 35.9 Å². The van der Waals surface area contributed by atoms with Gasteiger partial charge in [0, 0.05) is 12.6 Å². The molecule has 0 N–H and O–H groups in total. The fourth-order valence-corrected chi connectivity index (χ4v) is 2.32. The molecule has 0 aliphatic carbocycles. The average molecular weight is 217 g/mol. The number of carbonyl (C=O) groups is 1. The Morgan fingerprint density at radius 1 is 1.31 bits per heavy atom. The third-order valence-corrected chi connectivity index (χ3v) is 3.66. The van der Waals surface area contributed by atoms with E-state index in [0.717, 1.165) is 18.5 Å². The SMILES string of the molecule is CC1CCN(C(=O)Cc2ccccc2)C1C. The molecule has 1 aliphatic heterocycles. The molecule has 0 saturated carbocycles. The first-order valence-corrected chi connectivity index (χ1v) is 6.02. The highest BCUT2D eigenvalue weighted by molar-refractivity contribution is 5.79. The van der Waals surface area contributed by atoms with Crippen LogP contribution in [0.2, 0.25) is 0 Å². The number of hydrogen-bond acceptors (Lipinski definition) is 1. The highest BCUT2D eigenvalue weighted by Crippen LogP contribution is 2.23. The van der Waals surface area contributed by atoms with Crippen LogP contribution in [0.5, 0.6) is 0 Å². The second-order valence-electron chi connectivity index (χ2n) is 4.76. The van der Waals surface area contributed by atoms with Crippen molar-refractivity contribution in [2.75, 3.05) is 6.54 Å². The van der Waals surface area contributed by atoms with Gasteiger partial charge in [-0.3, -0.25) is 4.79 Å².